The summed E-state index contributed by atoms with van der Waals surface area (Å²) in [4.78, 5) is 62.2. The molecule has 0 saturated carbocycles. The smallest absolute Gasteiger partial charge is 0.326 e. The molecule has 5 unspecified atom stereocenters. The van der Waals surface area contributed by atoms with Crippen LogP contribution in [0.3, 0.4) is 0 Å². The molecule has 0 fully saturated rings. The lowest BCUT2D eigenvalue weighted by Crippen LogP contribution is -2.58. The van der Waals surface area contributed by atoms with Gasteiger partial charge in [-0.15, -0.1) is 0 Å². The van der Waals surface area contributed by atoms with Crippen molar-refractivity contribution >= 4 is 29.6 Å². The number of carbonyl (C=O) groups excluding carboxylic acids is 4. The SMILES string of the molecule is CCC(C)C(N)C(=O)NC(CCC(N)=O)C(=O)NC(Cc1ccc(O)cc1)C(=O)NC(CC(C)C)C(=O)O. The normalized spacial score (nSPS) is 15.0. The molecule has 1 aromatic carbocycles. The van der Waals surface area contributed by atoms with Crippen LogP contribution in [0, 0.1) is 11.8 Å². The average Bonchev–Trinajstić information content (AvgIpc) is 2.85. The number of primary amides is 1. The van der Waals surface area contributed by atoms with E-state index in [1.807, 2.05) is 20.8 Å². The Morgan fingerprint density at radius 2 is 1.39 bits per heavy atom. The molecule has 0 aliphatic heterocycles. The highest BCUT2D eigenvalue weighted by Crippen LogP contribution is 2.13. The second-order valence-electron chi connectivity index (χ2n) is 9.94. The van der Waals surface area contributed by atoms with Gasteiger partial charge in [-0.2, -0.15) is 0 Å². The van der Waals surface area contributed by atoms with Crippen LogP contribution >= 0.6 is 0 Å². The molecule has 0 aliphatic carbocycles. The van der Waals surface area contributed by atoms with E-state index in [4.69, 9.17) is 11.5 Å². The van der Waals surface area contributed by atoms with Crippen LogP contribution in [0.25, 0.3) is 0 Å². The second-order valence-corrected chi connectivity index (χ2v) is 9.94. The van der Waals surface area contributed by atoms with E-state index in [-0.39, 0.29) is 43.3 Å². The number of rotatable bonds is 16. The van der Waals surface area contributed by atoms with Crippen molar-refractivity contribution in [2.75, 3.05) is 0 Å². The molecule has 0 aliphatic rings. The number of hydrogen-bond acceptors (Lipinski definition) is 7. The van der Waals surface area contributed by atoms with Gasteiger partial charge in [-0.3, -0.25) is 19.2 Å². The van der Waals surface area contributed by atoms with Crippen LogP contribution in [-0.4, -0.2) is 64.0 Å². The first kappa shape index (κ1) is 32.4. The van der Waals surface area contributed by atoms with Gasteiger partial charge in [-0.25, -0.2) is 4.79 Å². The van der Waals surface area contributed by atoms with Crippen LogP contribution in [0.15, 0.2) is 24.3 Å². The van der Waals surface area contributed by atoms with Crippen molar-refractivity contribution in [1.29, 1.82) is 0 Å². The van der Waals surface area contributed by atoms with Crippen molar-refractivity contribution in [2.24, 2.45) is 23.3 Å². The number of nitrogens with one attached hydrogen (secondary N) is 3. The number of carboxylic acids is 1. The van der Waals surface area contributed by atoms with Crippen LogP contribution in [0.5, 0.6) is 5.75 Å². The molecule has 1 aromatic rings. The Bertz CT molecular complexity index is 967. The van der Waals surface area contributed by atoms with E-state index >= 15 is 0 Å². The van der Waals surface area contributed by atoms with E-state index in [1.54, 1.807) is 19.1 Å². The lowest BCUT2D eigenvalue weighted by molar-refractivity contribution is -0.142. The molecule has 0 heterocycles. The number of phenolic OH excluding ortho intramolecular Hbond substituents is 1. The fraction of sp³-hybridized carbons (Fsp3) is 0.577. The van der Waals surface area contributed by atoms with Crippen molar-refractivity contribution in [3.05, 3.63) is 29.8 Å². The monoisotopic (exact) mass is 535 g/mol. The zero-order valence-corrected chi connectivity index (χ0v) is 22.4. The number of hydrogen-bond donors (Lipinski definition) is 7. The van der Waals surface area contributed by atoms with Gasteiger partial charge in [0, 0.05) is 12.8 Å². The van der Waals surface area contributed by atoms with Gasteiger partial charge in [0.25, 0.3) is 0 Å². The van der Waals surface area contributed by atoms with E-state index in [0.29, 0.717) is 12.0 Å². The summed E-state index contributed by atoms with van der Waals surface area (Å²) in [6.07, 6.45) is 0.434. The molecule has 38 heavy (non-hydrogen) atoms. The van der Waals surface area contributed by atoms with Crippen molar-refractivity contribution in [3.63, 3.8) is 0 Å². The van der Waals surface area contributed by atoms with Crippen LogP contribution in [-0.2, 0) is 30.4 Å². The highest BCUT2D eigenvalue weighted by molar-refractivity contribution is 5.94. The fourth-order valence-electron chi connectivity index (χ4n) is 3.65. The third-order valence-electron chi connectivity index (χ3n) is 6.20. The molecular formula is C26H41N5O7. The van der Waals surface area contributed by atoms with E-state index in [9.17, 15) is 34.2 Å². The summed E-state index contributed by atoms with van der Waals surface area (Å²) < 4.78 is 0. The number of aromatic hydroxyl groups is 1. The molecule has 5 atom stereocenters. The number of benzene rings is 1. The van der Waals surface area contributed by atoms with Crippen molar-refractivity contribution in [1.82, 2.24) is 16.0 Å². The number of amides is 4. The molecule has 9 N–H and O–H groups in total. The number of phenols is 1. The molecule has 0 radical (unpaired) electrons. The Labute approximate surface area is 222 Å². The third kappa shape index (κ3) is 11.2. The first-order valence-corrected chi connectivity index (χ1v) is 12.7. The maximum Gasteiger partial charge on any atom is 0.326 e. The molecule has 0 aromatic heterocycles. The Hall–Kier alpha value is -3.67. The Balaban J connectivity index is 3.20. The van der Waals surface area contributed by atoms with Gasteiger partial charge >= 0.3 is 5.97 Å². The fourth-order valence-corrected chi connectivity index (χ4v) is 3.65. The Morgan fingerprint density at radius 3 is 1.89 bits per heavy atom. The van der Waals surface area contributed by atoms with Gasteiger partial charge in [-0.1, -0.05) is 46.2 Å². The number of carboxylic acid groups (broad SMARTS) is 1. The van der Waals surface area contributed by atoms with Crippen molar-refractivity contribution in [2.45, 2.75) is 84.0 Å². The second kappa shape index (κ2) is 15.6. The van der Waals surface area contributed by atoms with E-state index < -0.39 is 53.8 Å². The summed E-state index contributed by atoms with van der Waals surface area (Å²) in [6, 6.07) is 1.43. The summed E-state index contributed by atoms with van der Waals surface area (Å²) in [5.41, 5.74) is 11.8. The van der Waals surface area contributed by atoms with Crippen molar-refractivity contribution < 1.29 is 34.2 Å². The maximum absolute atomic E-state index is 13.3. The standard InChI is InChI=1S/C26H41N5O7/c1-5-15(4)22(28)25(36)29-18(10-11-21(27)33)23(34)30-19(13-16-6-8-17(32)9-7-16)24(35)31-20(26(37)38)12-14(2)3/h6-9,14-15,18-20,22,32H,5,10-13,28H2,1-4H3,(H2,27,33)(H,29,36)(H,30,34)(H,31,35)(H,37,38). The Morgan fingerprint density at radius 1 is 0.868 bits per heavy atom. The van der Waals surface area contributed by atoms with E-state index in [1.165, 1.54) is 12.1 Å². The number of carbonyl (C=O) groups is 5. The number of aliphatic carboxylic acids is 1. The molecule has 12 nitrogen and oxygen atoms in total. The Kier molecular flexibility index (Phi) is 13.2. The molecule has 0 bridgehead atoms. The van der Waals surface area contributed by atoms with Gasteiger partial charge in [0.05, 0.1) is 6.04 Å². The van der Waals surface area contributed by atoms with Crippen molar-refractivity contribution in [3.8, 4) is 5.75 Å². The molecule has 0 saturated heterocycles. The van der Waals surface area contributed by atoms with Gasteiger partial charge in [-0.05, 0) is 42.4 Å². The molecule has 4 amide bonds. The minimum absolute atomic E-state index is 0.00790. The highest BCUT2D eigenvalue weighted by atomic mass is 16.4. The average molecular weight is 536 g/mol. The first-order chi connectivity index (χ1) is 17.7. The molecule has 12 heteroatoms. The van der Waals surface area contributed by atoms with Crippen LogP contribution < -0.4 is 27.4 Å². The predicted octanol–water partition coefficient (Wildman–Crippen LogP) is 0.159. The lowest BCUT2D eigenvalue weighted by atomic mass is 9.98. The molecule has 0 spiro atoms. The van der Waals surface area contributed by atoms with Crippen LogP contribution in [0.1, 0.15) is 58.9 Å². The zero-order valence-electron chi connectivity index (χ0n) is 22.4. The van der Waals surface area contributed by atoms with E-state index in [0.717, 1.165) is 0 Å². The largest absolute Gasteiger partial charge is 0.508 e. The number of nitrogens with two attached hydrogens (primary N) is 2. The summed E-state index contributed by atoms with van der Waals surface area (Å²) in [5.74, 6) is -4.17. The predicted molar refractivity (Wildman–Crippen MR) is 141 cm³/mol. The minimum Gasteiger partial charge on any atom is -0.508 e. The lowest BCUT2D eigenvalue weighted by Gasteiger charge is -2.26. The molecule has 212 valence electrons. The zero-order chi connectivity index (χ0) is 29.0. The maximum atomic E-state index is 13.3. The van der Waals surface area contributed by atoms with Gasteiger partial charge in [0.15, 0.2) is 0 Å². The molecular weight excluding hydrogens is 494 g/mol. The van der Waals surface area contributed by atoms with Crippen LogP contribution in [0.4, 0.5) is 0 Å². The van der Waals surface area contributed by atoms with Gasteiger partial charge in [0.1, 0.15) is 23.9 Å². The summed E-state index contributed by atoms with van der Waals surface area (Å²) in [5, 5.41) is 26.7. The summed E-state index contributed by atoms with van der Waals surface area (Å²) in [6.45, 7) is 7.28. The first-order valence-electron chi connectivity index (χ1n) is 12.7. The topological polar surface area (TPSA) is 214 Å². The molecule has 1 rings (SSSR count). The van der Waals surface area contributed by atoms with E-state index in [2.05, 4.69) is 16.0 Å². The summed E-state index contributed by atoms with van der Waals surface area (Å²) >= 11 is 0. The van der Waals surface area contributed by atoms with Gasteiger partial charge in [0.2, 0.25) is 23.6 Å². The minimum atomic E-state index is -1.22. The highest BCUT2D eigenvalue weighted by Gasteiger charge is 2.31. The van der Waals surface area contributed by atoms with Gasteiger partial charge < -0.3 is 37.6 Å². The summed E-state index contributed by atoms with van der Waals surface area (Å²) in [7, 11) is 0. The third-order valence-corrected chi connectivity index (χ3v) is 6.20. The van der Waals surface area contributed by atoms with Crippen LogP contribution in [0.2, 0.25) is 0 Å². The quantitative estimate of drug-likeness (QED) is 0.154.